The third-order valence-corrected chi connectivity index (χ3v) is 3.34. The molecule has 0 unspecified atom stereocenters. The molecular formula is C17H12N2O5. The molecule has 0 saturated heterocycles. The van der Waals surface area contributed by atoms with Crippen LogP contribution in [0.4, 0.5) is 0 Å². The first-order valence-corrected chi connectivity index (χ1v) is 6.94. The lowest BCUT2D eigenvalue weighted by molar-refractivity contribution is 0.0697. The van der Waals surface area contributed by atoms with E-state index in [1.54, 1.807) is 24.3 Å². The number of carboxylic acid groups (broad SMARTS) is 1. The van der Waals surface area contributed by atoms with Crippen LogP contribution in [-0.2, 0) is 6.61 Å². The van der Waals surface area contributed by atoms with E-state index in [0.717, 1.165) is 0 Å². The maximum absolute atomic E-state index is 11.0. The minimum atomic E-state index is -1.04. The molecule has 0 atom stereocenters. The Kier molecular flexibility index (Phi) is 4.03. The lowest BCUT2D eigenvalue weighted by atomic mass is 10.2. The van der Waals surface area contributed by atoms with Gasteiger partial charge >= 0.3 is 5.97 Å². The molecule has 1 N–H and O–H groups in total. The zero-order chi connectivity index (χ0) is 17.1. The summed E-state index contributed by atoms with van der Waals surface area (Å²) >= 11 is 0. The highest BCUT2D eigenvalue weighted by Gasteiger charge is 2.12. The number of hydrogen-bond acceptors (Lipinski definition) is 6. The zero-order valence-corrected chi connectivity index (χ0v) is 12.6. The number of methoxy groups -OCH3 is 1. The summed E-state index contributed by atoms with van der Waals surface area (Å²) in [6.07, 6.45) is 0. The number of fused-ring (bicyclic) bond motifs is 1. The van der Waals surface area contributed by atoms with E-state index < -0.39 is 5.97 Å². The van der Waals surface area contributed by atoms with Crippen molar-refractivity contribution in [1.29, 1.82) is 5.26 Å². The van der Waals surface area contributed by atoms with Crippen LogP contribution in [0.25, 0.3) is 11.1 Å². The average molecular weight is 324 g/mol. The molecular weight excluding hydrogens is 312 g/mol. The van der Waals surface area contributed by atoms with Gasteiger partial charge in [0.2, 0.25) is 5.89 Å². The molecule has 2 aromatic carbocycles. The number of hydrogen-bond donors (Lipinski definition) is 1. The first-order valence-electron chi connectivity index (χ1n) is 6.94. The SMILES string of the molecule is COc1ccc(C#N)c(OCc2nc3ccc(C(=O)O)cc3o2)c1. The van der Waals surface area contributed by atoms with E-state index in [9.17, 15) is 4.79 Å². The van der Waals surface area contributed by atoms with E-state index in [-0.39, 0.29) is 18.1 Å². The fraction of sp³-hybridized carbons (Fsp3) is 0.118. The standard InChI is InChI=1S/C17H12N2O5/c1-22-12-4-2-11(8-18)14(7-12)23-9-16-19-13-5-3-10(17(20)21)6-15(13)24-16/h2-7H,9H2,1H3,(H,20,21). The summed E-state index contributed by atoms with van der Waals surface area (Å²) in [4.78, 5) is 15.2. The van der Waals surface area contributed by atoms with Crippen LogP contribution < -0.4 is 9.47 Å². The lowest BCUT2D eigenvalue weighted by Gasteiger charge is -2.07. The van der Waals surface area contributed by atoms with Crippen LogP contribution in [0.3, 0.4) is 0 Å². The Morgan fingerprint density at radius 1 is 1.33 bits per heavy atom. The van der Waals surface area contributed by atoms with Crippen LogP contribution in [0.2, 0.25) is 0 Å². The molecule has 0 radical (unpaired) electrons. The van der Waals surface area contributed by atoms with E-state index in [1.165, 1.54) is 19.2 Å². The highest BCUT2D eigenvalue weighted by Crippen LogP contribution is 2.25. The van der Waals surface area contributed by atoms with Crippen molar-refractivity contribution in [3.63, 3.8) is 0 Å². The van der Waals surface area contributed by atoms with Gasteiger partial charge in [-0.25, -0.2) is 9.78 Å². The van der Waals surface area contributed by atoms with Crippen molar-refractivity contribution in [3.8, 4) is 17.6 Å². The van der Waals surface area contributed by atoms with Crippen molar-refractivity contribution in [2.75, 3.05) is 7.11 Å². The number of aromatic carboxylic acids is 1. The Hall–Kier alpha value is -3.53. The van der Waals surface area contributed by atoms with Gasteiger partial charge in [0.05, 0.1) is 18.2 Å². The van der Waals surface area contributed by atoms with Crippen LogP contribution in [0.5, 0.6) is 11.5 Å². The number of nitriles is 1. The number of nitrogens with zero attached hydrogens (tertiary/aromatic N) is 2. The number of carboxylic acids is 1. The van der Waals surface area contributed by atoms with Crippen molar-refractivity contribution in [1.82, 2.24) is 4.98 Å². The second-order valence-electron chi connectivity index (χ2n) is 4.86. The van der Waals surface area contributed by atoms with Crippen molar-refractivity contribution < 1.29 is 23.8 Å². The Balaban J connectivity index is 1.83. The predicted octanol–water partition coefficient (Wildman–Crippen LogP) is 2.99. The third kappa shape index (κ3) is 2.98. The molecule has 7 nitrogen and oxygen atoms in total. The number of rotatable bonds is 5. The van der Waals surface area contributed by atoms with Crippen molar-refractivity contribution in [2.45, 2.75) is 6.61 Å². The van der Waals surface area contributed by atoms with Crippen LogP contribution in [0.15, 0.2) is 40.8 Å². The lowest BCUT2D eigenvalue weighted by Crippen LogP contribution is -1.98. The van der Waals surface area contributed by atoms with E-state index in [2.05, 4.69) is 4.98 Å². The summed E-state index contributed by atoms with van der Waals surface area (Å²) in [7, 11) is 1.52. The van der Waals surface area contributed by atoms with Gasteiger partial charge in [0.15, 0.2) is 12.2 Å². The number of oxazole rings is 1. The molecule has 0 bridgehead atoms. The quantitative estimate of drug-likeness (QED) is 0.769. The summed E-state index contributed by atoms with van der Waals surface area (Å²) in [6, 6.07) is 11.3. The van der Waals surface area contributed by atoms with Crippen molar-refractivity contribution >= 4 is 17.1 Å². The highest BCUT2D eigenvalue weighted by molar-refractivity contribution is 5.91. The van der Waals surface area contributed by atoms with Crippen LogP contribution in [0, 0.1) is 11.3 Å². The Morgan fingerprint density at radius 2 is 2.17 bits per heavy atom. The molecule has 0 fully saturated rings. The first-order chi connectivity index (χ1) is 11.6. The maximum Gasteiger partial charge on any atom is 0.335 e. The minimum Gasteiger partial charge on any atom is -0.497 e. The van der Waals surface area contributed by atoms with Gasteiger partial charge < -0.3 is 19.0 Å². The molecule has 0 aliphatic heterocycles. The Labute approximate surface area is 136 Å². The van der Waals surface area contributed by atoms with E-state index in [0.29, 0.717) is 28.2 Å². The molecule has 7 heteroatoms. The van der Waals surface area contributed by atoms with Crippen LogP contribution in [-0.4, -0.2) is 23.2 Å². The van der Waals surface area contributed by atoms with Gasteiger partial charge in [-0.3, -0.25) is 0 Å². The van der Waals surface area contributed by atoms with Gasteiger partial charge in [-0.1, -0.05) is 0 Å². The minimum absolute atomic E-state index is 0.00106. The third-order valence-electron chi connectivity index (χ3n) is 3.34. The number of carbonyl (C=O) groups is 1. The monoisotopic (exact) mass is 324 g/mol. The molecule has 0 saturated carbocycles. The average Bonchev–Trinajstić information content (AvgIpc) is 3.01. The fourth-order valence-electron chi connectivity index (χ4n) is 2.15. The Morgan fingerprint density at radius 3 is 2.88 bits per heavy atom. The fourth-order valence-corrected chi connectivity index (χ4v) is 2.15. The summed E-state index contributed by atoms with van der Waals surface area (Å²) in [5.74, 6) is 0.151. The van der Waals surface area contributed by atoms with Gasteiger partial charge in [-0.15, -0.1) is 0 Å². The number of ether oxygens (including phenoxy) is 2. The summed E-state index contributed by atoms with van der Waals surface area (Å²) in [5.41, 5.74) is 1.37. The molecule has 1 heterocycles. The molecule has 120 valence electrons. The number of aromatic nitrogens is 1. The molecule has 0 amide bonds. The van der Waals surface area contributed by atoms with Gasteiger partial charge in [-0.05, 0) is 30.3 Å². The molecule has 24 heavy (non-hydrogen) atoms. The van der Waals surface area contributed by atoms with Gasteiger partial charge in [-0.2, -0.15) is 5.26 Å². The second-order valence-corrected chi connectivity index (χ2v) is 4.86. The second kappa shape index (κ2) is 6.30. The molecule has 0 spiro atoms. The molecule has 3 rings (SSSR count). The molecule has 1 aromatic heterocycles. The Bertz CT molecular complexity index is 955. The largest absolute Gasteiger partial charge is 0.497 e. The molecule has 0 aliphatic rings. The molecule has 3 aromatic rings. The maximum atomic E-state index is 11.0. The van der Waals surface area contributed by atoms with Gasteiger partial charge in [0, 0.05) is 6.07 Å². The normalized spacial score (nSPS) is 10.3. The topological polar surface area (TPSA) is 106 Å². The van der Waals surface area contributed by atoms with E-state index in [4.69, 9.17) is 24.3 Å². The highest BCUT2D eigenvalue weighted by atomic mass is 16.5. The van der Waals surface area contributed by atoms with Crippen LogP contribution in [0.1, 0.15) is 21.8 Å². The zero-order valence-electron chi connectivity index (χ0n) is 12.6. The van der Waals surface area contributed by atoms with Crippen LogP contribution >= 0.6 is 0 Å². The van der Waals surface area contributed by atoms with E-state index in [1.807, 2.05) is 6.07 Å². The molecule has 0 aliphatic carbocycles. The predicted molar refractivity (Wildman–Crippen MR) is 83.0 cm³/mol. The first kappa shape index (κ1) is 15.4. The number of benzene rings is 2. The summed E-state index contributed by atoms with van der Waals surface area (Å²) < 4.78 is 16.2. The van der Waals surface area contributed by atoms with Gasteiger partial charge in [0.1, 0.15) is 23.1 Å². The smallest absolute Gasteiger partial charge is 0.335 e. The summed E-state index contributed by atoms with van der Waals surface area (Å²) in [5, 5.41) is 18.1. The van der Waals surface area contributed by atoms with E-state index >= 15 is 0 Å². The van der Waals surface area contributed by atoms with Crippen molar-refractivity contribution in [2.24, 2.45) is 0 Å². The van der Waals surface area contributed by atoms with Crippen molar-refractivity contribution in [3.05, 3.63) is 53.4 Å². The van der Waals surface area contributed by atoms with Gasteiger partial charge in [0.25, 0.3) is 0 Å². The summed E-state index contributed by atoms with van der Waals surface area (Å²) in [6.45, 7) is -0.00106.